The maximum absolute atomic E-state index is 12.2. The number of rotatable bonds is 5. The monoisotopic (exact) mass is 311 g/mol. The maximum atomic E-state index is 12.2. The number of carbonyl (C=O) groups is 1. The third kappa shape index (κ3) is 3.83. The lowest BCUT2D eigenvalue weighted by molar-refractivity contribution is -0.384. The van der Waals surface area contributed by atoms with E-state index in [0.717, 1.165) is 5.56 Å². The number of nitrogens with one attached hydrogen (secondary N) is 1. The fourth-order valence-electron chi connectivity index (χ4n) is 1.96. The van der Waals surface area contributed by atoms with E-state index in [1.165, 1.54) is 25.3 Å². The van der Waals surface area contributed by atoms with E-state index in [-0.39, 0.29) is 23.5 Å². The minimum absolute atomic E-state index is 0.0929. The van der Waals surface area contributed by atoms with E-state index in [2.05, 4.69) is 5.32 Å². The highest BCUT2D eigenvalue weighted by molar-refractivity contribution is 5.97. The molecule has 0 aliphatic carbocycles. The summed E-state index contributed by atoms with van der Waals surface area (Å²) in [5, 5.41) is 22.2. The van der Waals surface area contributed by atoms with E-state index in [1.807, 2.05) is 6.07 Å². The molecule has 1 amide bonds. The zero-order chi connectivity index (χ0) is 16.8. The molecular weight excluding hydrogens is 298 g/mol. The predicted octanol–water partition coefficient (Wildman–Crippen LogP) is 2.41. The van der Waals surface area contributed by atoms with Gasteiger partial charge >= 0.3 is 0 Å². The Morgan fingerprint density at radius 1 is 1.30 bits per heavy atom. The Morgan fingerprint density at radius 3 is 2.57 bits per heavy atom. The van der Waals surface area contributed by atoms with Gasteiger partial charge in [0.1, 0.15) is 5.75 Å². The van der Waals surface area contributed by atoms with Gasteiger partial charge in [0, 0.05) is 18.7 Å². The molecule has 7 nitrogen and oxygen atoms in total. The quantitative estimate of drug-likeness (QED) is 0.674. The van der Waals surface area contributed by atoms with Crippen LogP contribution in [0.2, 0.25) is 0 Å². The molecular formula is C16H13N3O4. The average Bonchev–Trinajstić information content (AvgIpc) is 2.59. The number of nitro benzene ring substituents is 1. The molecule has 0 saturated carbocycles. The fourth-order valence-corrected chi connectivity index (χ4v) is 1.96. The van der Waals surface area contributed by atoms with Crippen molar-refractivity contribution >= 4 is 11.6 Å². The minimum atomic E-state index is -0.573. The van der Waals surface area contributed by atoms with Gasteiger partial charge in [0.15, 0.2) is 0 Å². The summed E-state index contributed by atoms with van der Waals surface area (Å²) in [6.07, 6.45) is 0. The largest absolute Gasteiger partial charge is 0.496 e. The van der Waals surface area contributed by atoms with Crippen LogP contribution in [0.3, 0.4) is 0 Å². The Labute approximate surface area is 132 Å². The Morgan fingerprint density at radius 2 is 2.00 bits per heavy atom. The van der Waals surface area contributed by atoms with E-state index in [9.17, 15) is 14.9 Å². The smallest absolute Gasteiger partial charge is 0.270 e. The first kappa shape index (κ1) is 16.0. The lowest BCUT2D eigenvalue weighted by Gasteiger charge is -2.09. The van der Waals surface area contributed by atoms with Crippen molar-refractivity contribution in [2.45, 2.75) is 6.54 Å². The average molecular weight is 311 g/mol. The third-order valence-corrected chi connectivity index (χ3v) is 3.17. The molecule has 1 N–H and O–H groups in total. The highest BCUT2D eigenvalue weighted by Crippen LogP contribution is 2.23. The summed E-state index contributed by atoms with van der Waals surface area (Å²) >= 11 is 0. The lowest BCUT2D eigenvalue weighted by Crippen LogP contribution is -2.23. The second-order valence-corrected chi connectivity index (χ2v) is 4.63. The third-order valence-electron chi connectivity index (χ3n) is 3.17. The Bertz CT molecular complexity index is 779. The standard InChI is InChI=1S/C16H13N3O4/c1-23-15-7-6-13(19(21)22)8-14(15)16(20)18-10-12-4-2-11(9-17)3-5-12/h2-8H,10H2,1H3,(H,18,20). The van der Waals surface area contributed by atoms with Crippen LogP contribution in [-0.2, 0) is 6.54 Å². The van der Waals surface area contributed by atoms with Crippen LogP contribution in [0.4, 0.5) is 5.69 Å². The summed E-state index contributed by atoms with van der Waals surface area (Å²) in [4.78, 5) is 22.5. The summed E-state index contributed by atoms with van der Waals surface area (Å²) in [5.74, 6) is -0.220. The van der Waals surface area contributed by atoms with Crippen LogP contribution in [0, 0.1) is 21.4 Å². The zero-order valence-electron chi connectivity index (χ0n) is 12.3. The number of non-ortho nitro benzene ring substituents is 1. The first-order valence-electron chi connectivity index (χ1n) is 6.65. The van der Waals surface area contributed by atoms with Crippen molar-refractivity contribution in [1.82, 2.24) is 5.32 Å². The molecule has 0 radical (unpaired) electrons. The molecule has 2 aromatic carbocycles. The summed E-state index contributed by atoms with van der Waals surface area (Å²) in [5.41, 5.74) is 1.24. The molecule has 0 spiro atoms. The van der Waals surface area contributed by atoms with Crippen LogP contribution in [0.25, 0.3) is 0 Å². The Kier molecular flexibility index (Phi) is 4.89. The van der Waals surface area contributed by atoms with Crippen LogP contribution >= 0.6 is 0 Å². The number of carbonyl (C=O) groups excluding carboxylic acids is 1. The van der Waals surface area contributed by atoms with Gasteiger partial charge in [0.05, 0.1) is 29.2 Å². The first-order chi connectivity index (χ1) is 11.0. The Balaban J connectivity index is 2.14. The van der Waals surface area contributed by atoms with Crippen molar-refractivity contribution in [1.29, 1.82) is 5.26 Å². The van der Waals surface area contributed by atoms with Crippen LogP contribution in [0.5, 0.6) is 5.75 Å². The van der Waals surface area contributed by atoms with E-state index < -0.39 is 10.8 Å². The number of benzene rings is 2. The van der Waals surface area contributed by atoms with Gasteiger partial charge in [-0.1, -0.05) is 12.1 Å². The van der Waals surface area contributed by atoms with Crippen molar-refractivity contribution in [3.8, 4) is 11.8 Å². The van der Waals surface area contributed by atoms with Crippen molar-refractivity contribution in [3.05, 3.63) is 69.3 Å². The van der Waals surface area contributed by atoms with Gasteiger partial charge in [0.25, 0.3) is 11.6 Å². The number of methoxy groups -OCH3 is 1. The SMILES string of the molecule is COc1ccc([N+](=O)[O-])cc1C(=O)NCc1ccc(C#N)cc1. The summed E-state index contributed by atoms with van der Waals surface area (Å²) in [6, 6.07) is 12.6. The van der Waals surface area contributed by atoms with Gasteiger partial charge in [-0.3, -0.25) is 14.9 Å². The van der Waals surface area contributed by atoms with E-state index in [4.69, 9.17) is 10.00 Å². The van der Waals surface area contributed by atoms with Gasteiger partial charge in [-0.15, -0.1) is 0 Å². The first-order valence-corrected chi connectivity index (χ1v) is 6.65. The van der Waals surface area contributed by atoms with Crippen LogP contribution in [0.15, 0.2) is 42.5 Å². The van der Waals surface area contributed by atoms with Crippen molar-refractivity contribution < 1.29 is 14.5 Å². The van der Waals surface area contributed by atoms with E-state index in [1.54, 1.807) is 24.3 Å². The van der Waals surface area contributed by atoms with Crippen LogP contribution in [-0.4, -0.2) is 17.9 Å². The molecule has 2 rings (SSSR count). The second kappa shape index (κ2) is 7.04. The number of hydrogen-bond acceptors (Lipinski definition) is 5. The van der Waals surface area contributed by atoms with Gasteiger partial charge in [-0.05, 0) is 23.8 Å². The summed E-state index contributed by atoms with van der Waals surface area (Å²) < 4.78 is 5.06. The molecule has 0 atom stereocenters. The molecule has 23 heavy (non-hydrogen) atoms. The molecule has 7 heteroatoms. The van der Waals surface area contributed by atoms with Crippen LogP contribution in [0.1, 0.15) is 21.5 Å². The second-order valence-electron chi connectivity index (χ2n) is 4.63. The molecule has 0 saturated heterocycles. The molecule has 0 unspecified atom stereocenters. The molecule has 0 aliphatic rings. The minimum Gasteiger partial charge on any atom is -0.496 e. The number of nitrogens with zero attached hydrogens (tertiary/aromatic N) is 2. The number of amides is 1. The summed E-state index contributed by atoms with van der Waals surface area (Å²) in [6.45, 7) is 0.233. The van der Waals surface area contributed by atoms with Crippen LogP contribution < -0.4 is 10.1 Å². The van der Waals surface area contributed by atoms with E-state index in [0.29, 0.717) is 5.56 Å². The van der Waals surface area contributed by atoms with Gasteiger partial charge < -0.3 is 10.1 Å². The molecule has 116 valence electrons. The Hall–Kier alpha value is -3.40. The lowest BCUT2D eigenvalue weighted by atomic mass is 10.1. The maximum Gasteiger partial charge on any atom is 0.270 e. The highest BCUT2D eigenvalue weighted by atomic mass is 16.6. The van der Waals surface area contributed by atoms with Crippen molar-refractivity contribution in [3.63, 3.8) is 0 Å². The zero-order valence-corrected chi connectivity index (χ0v) is 12.3. The van der Waals surface area contributed by atoms with E-state index >= 15 is 0 Å². The normalized spacial score (nSPS) is 9.74. The van der Waals surface area contributed by atoms with Gasteiger partial charge in [0.2, 0.25) is 0 Å². The molecule has 0 heterocycles. The molecule has 2 aromatic rings. The molecule has 0 aromatic heterocycles. The highest BCUT2D eigenvalue weighted by Gasteiger charge is 2.17. The topological polar surface area (TPSA) is 105 Å². The number of ether oxygens (including phenoxy) is 1. The van der Waals surface area contributed by atoms with Crippen molar-refractivity contribution in [2.75, 3.05) is 7.11 Å². The van der Waals surface area contributed by atoms with Crippen molar-refractivity contribution in [2.24, 2.45) is 0 Å². The van der Waals surface area contributed by atoms with Gasteiger partial charge in [-0.25, -0.2) is 0 Å². The van der Waals surface area contributed by atoms with Gasteiger partial charge in [-0.2, -0.15) is 5.26 Å². The summed E-state index contributed by atoms with van der Waals surface area (Å²) in [7, 11) is 1.39. The molecule has 0 bridgehead atoms. The predicted molar refractivity (Wildman–Crippen MR) is 82.0 cm³/mol. The number of hydrogen-bond donors (Lipinski definition) is 1. The molecule has 0 fully saturated rings. The number of nitro groups is 1. The molecule has 0 aliphatic heterocycles. The number of nitriles is 1. The fraction of sp³-hybridized carbons (Fsp3) is 0.125.